The van der Waals surface area contributed by atoms with Crippen LogP contribution in [0.15, 0.2) is 40.9 Å². The first-order valence-electron chi connectivity index (χ1n) is 9.58. The van der Waals surface area contributed by atoms with Crippen LogP contribution in [0.25, 0.3) is 0 Å². The lowest BCUT2D eigenvalue weighted by atomic mass is 9.88. The second-order valence-corrected chi connectivity index (χ2v) is 7.85. The Morgan fingerprint density at radius 2 is 2.11 bits per heavy atom. The zero-order chi connectivity index (χ0) is 19.0. The molecule has 6 heteroatoms. The summed E-state index contributed by atoms with van der Waals surface area (Å²) >= 11 is 0. The molecule has 1 aliphatic carbocycles. The first kappa shape index (κ1) is 17.8. The molecule has 1 saturated carbocycles. The molecule has 2 fully saturated rings. The Morgan fingerprint density at radius 1 is 1.33 bits per heavy atom. The topological polar surface area (TPSA) is 75.4 Å². The van der Waals surface area contributed by atoms with E-state index >= 15 is 0 Å². The van der Waals surface area contributed by atoms with Crippen LogP contribution in [0.2, 0.25) is 0 Å². The molecule has 142 valence electrons. The second kappa shape index (κ2) is 7.18. The molecule has 0 unspecified atom stereocenters. The van der Waals surface area contributed by atoms with Crippen molar-refractivity contribution < 1.29 is 14.1 Å². The van der Waals surface area contributed by atoms with Crippen LogP contribution in [0.5, 0.6) is 0 Å². The molecule has 0 bridgehead atoms. The summed E-state index contributed by atoms with van der Waals surface area (Å²) in [6.45, 7) is 5.23. The molecule has 1 N–H and O–H groups in total. The van der Waals surface area contributed by atoms with Gasteiger partial charge in [-0.25, -0.2) is 0 Å². The number of carbonyl (C=O) groups excluding carboxylic acids is 2. The lowest BCUT2D eigenvalue weighted by Gasteiger charge is -2.24. The molecule has 2 heterocycles. The number of nitrogens with one attached hydrogen (secondary N) is 1. The first-order chi connectivity index (χ1) is 13.0. The number of hydrogen-bond donors (Lipinski definition) is 1. The van der Waals surface area contributed by atoms with Crippen LogP contribution < -0.4 is 5.32 Å². The summed E-state index contributed by atoms with van der Waals surface area (Å²) in [5.74, 6) is 1.70. The molecule has 6 nitrogen and oxygen atoms in total. The van der Waals surface area contributed by atoms with E-state index in [1.807, 2.05) is 23.1 Å². The average molecular weight is 367 g/mol. The smallest absolute Gasteiger partial charge is 0.273 e. The Labute approximate surface area is 158 Å². The van der Waals surface area contributed by atoms with Gasteiger partial charge in [-0.15, -0.1) is 0 Å². The van der Waals surface area contributed by atoms with Crippen molar-refractivity contribution >= 4 is 11.8 Å². The maximum atomic E-state index is 12.6. The highest BCUT2D eigenvalue weighted by Crippen LogP contribution is 2.46. The van der Waals surface area contributed by atoms with E-state index in [0.717, 1.165) is 12.0 Å². The summed E-state index contributed by atoms with van der Waals surface area (Å²) in [4.78, 5) is 26.9. The third-order valence-corrected chi connectivity index (χ3v) is 6.07. The van der Waals surface area contributed by atoms with Gasteiger partial charge >= 0.3 is 0 Å². The van der Waals surface area contributed by atoms with Crippen molar-refractivity contribution in [2.75, 3.05) is 6.54 Å². The molecule has 0 spiro atoms. The Hall–Kier alpha value is -2.63. The minimum Gasteiger partial charge on any atom is -0.361 e. The van der Waals surface area contributed by atoms with Crippen molar-refractivity contribution in [2.24, 2.45) is 17.8 Å². The fourth-order valence-electron chi connectivity index (χ4n) is 4.70. The number of carbonyl (C=O) groups is 2. The van der Waals surface area contributed by atoms with E-state index in [4.69, 9.17) is 4.52 Å². The highest BCUT2D eigenvalue weighted by Gasteiger charge is 2.50. The number of hydrogen-bond acceptors (Lipinski definition) is 4. The molecule has 4 rings (SSSR count). The molecule has 1 aliphatic heterocycles. The summed E-state index contributed by atoms with van der Waals surface area (Å²) in [6.07, 6.45) is 1.57. The van der Waals surface area contributed by atoms with E-state index in [2.05, 4.69) is 29.5 Å². The number of nitrogens with zero attached hydrogens (tertiary/aromatic N) is 2. The van der Waals surface area contributed by atoms with Crippen LogP contribution in [0.3, 0.4) is 0 Å². The van der Waals surface area contributed by atoms with E-state index in [0.29, 0.717) is 48.7 Å². The predicted octanol–water partition coefficient (Wildman–Crippen LogP) is 2.79. The Balaban J connectivity index is 1.41. The van der Waals surface area contributed by atoms with Gasteiger partial charge in [-0.2, -0.15) is 0 Å². The Morgan fingerprint density at radius 3 is 2.81 bits per heavy atom. The molecule has 1 saturated heterocycles. The molecule has 1 aromatic heterocycles. The van der Waals surface area contributed by atoms with Gasteiger partial charge in [0.1, 0.15) is 5.76 Å². The lowest BCUT2D eigenvalue weighted by Crippen LogP contribution is -2.34. The van der Waals surface area contributed by atoms with E-state index < -0.39 is 0 Å². The van der Waals surface area contributed by atoms with Crippen molar-refractivity contribution in [3.8, 4) is 0 Å². The van der Waals surface area contributed by atoms with Gasteiger partial charge in [0.25, 0.3) is 5.91 Å². The molecule has 2 amide bonds. The number of benzene rings is 1. The van der Waals surface area contributed by atoms with E-state index in [1.165, 1.54) is 0 Å². The normalized spacial score (nSPS) is 27.0. The van der Waals surface area contributed by atoms with E-state index in [1.54, 1.807) is 13.0 Å². The highest BCUT2D eigenvalue weighted by molar-refractivity contribution is 5.92. The number of fused-ring (bicyclic) bond motifs is 1. The second-order valence-electron chi connectivity index (χ2n) is 7.85. The lowest BCUT2D eigenvalue weighted by molar-refractivity contribution is -0.129. The van der Waals surface area contributed by atoms with Gasteiger partial charge in [0, 0.05) is 31.6 Å². The average Bonchev–Trinajstić information content (AvgIpc) is 3.30. The zero-order valence-electron chi connectivity index (χ0n) is 15.7. The van der Waals surface area contributed by atoms with Gasteiger partial charge in [0.05, 0.1) is 0 Å². The summed E-state index contributed by atoms with van der Waals surface area (Å²) < 4.78 is 4.97. The van der Waals surface area contributed by atoms with Gasteiger partial charge < -0.3 is 14.7 Å². The van der Waals surface area contributed by atoms with Gasteiger partial charge in [-0.1, -0.05) is 42.4 Å². The molecule has 1 aromatic carbocycles. The fraction of sp³-hybridized carbons (Fsp3) is 0.476. The summed E-state index contributed by atoms with van der Waals surface area (Å²) in [5, 5.41) is 6.75. The van der Waals surface area contributed by atoms with Crippen LogP contribution in [0.4, 0.5) is 0 Å². The SMILES string of the molecule is Cc1cc(C(=O)NC[C@H]2[C@@H]3CC(=O)N(Cc4ccccc4)[C@@H]3C[C@@H]2C)no1. The van der Waals surface area contributed by atoms with Crippen molar-refractivity contribution in [1.29, 1.82) is 0 Å². The fourth-order valence-corrected chi connectivity index (χ4v) is 4.70. The monoisotopic (exact) mass is 367 g/mol. The van der Waals surface area contributed by atoms with E-state index in [-0.39, 0.29) is 17.9 Å². The van der Waals surface area contributed by atoms with Gasteiger partial charge in [-0.3, -0.25) is 9.59 Å². The van der Waals surface area contributed by atoms with Crippen LogP contribution in [0.1, 0.15) is 41.6 Å². The van der Waals surface area contributed by atoms with Gasteiger partial charge in [0.2, 0.25) is 5.91 Å². The quantitative estimate of drug-likeness (QED) is 0.882. The summed E-state index contributed by atoms with van der Waals surface area (Å²) in [5.41, 5.74) is 1.47. The molecule has 27 heavy (non-hydrogen) atoms. The van der Waals surface area contributed by atoms with Crippen LogP contribution in [-0.4, -0.2) is 34.5 Å². The molecular formula is C21H25N3O3. The Kier molecular flexibility index (Phi) is 4.72. The Bertz CT molecular complexity index is 832. The van der Waals surface area contributed by atoms with Gasteiger partial charge in [-0.05, 0) is 36.7 Å². The molecular weight excluding hydrogens is 342 g/mol. The minimum atomic E-state index is -0.215. The summed E-state index contributed by atoms with van der Waals surface area (Å²) in [6, 6.07) is 12.0. The largest absolute Gasteiger partial charge is 0.361 e. The van der Waals surface area contributed by atoms with Crippen molar-refractivity contribution in [2.45, 2.75) is 39.3 Å². The maximum Gasteiger partial charge on any atom is 0.273 e. The number of rotatable bonds is 5. The number of likely N-dealkylation sites (tertiary alicyclic amines) is 1. The minimum absolute atomic E-state index is 0.215. The number of amides is 2. The van der Waals surface area contributed by atoms with Crippen LogP contribution in [0, 0.1) is 24.7 Å². The maximum absolute atomic E-state index is 12.6. The van der Waals surface area contributed by atoms with Gasteiger partial charge in [0.15, 0.2) is 5.69 Å². The third kappa shape index (κ3) is 3.48. The zero-order valence-corrected chi connectivity index (χ0v) is 15.7. The summed E-state index contributed by atoms with van der Waals surface area (Å²) in [7, 11) is 0. The van der Waals surface area contributed by atoms with Crippen molar-refractivity contribution in [3.63, 3.8) is 0 Å². The molecule has 2 aromatic rings. The predicted molar refractivity (Wildman–Crippen MR) is 99.7 cm³/mol. The number of aryl methyl sites for hydroxylation is 1. The molecule has 2 aliphatic rings. The van der Waals surface area contributed by atoms with Crippen LogP contribution in [-0.2, 0) is 11.3 Å². The molecule has 0 radical (unpaired) electrons. The van der Waals surface area contributed by atoms with Crippen molar-refractivity contribution in [1.82, 2.24) is 15.4 Å². The third-order valence-electron chi connectivity index (χ3n) is 6.07. The van der Waals surface area contributed by atoms with Crippen LogP contribution >= 0.6 is 0 Å². The first-order valence-corrected chi connectivity index (χ1v) is 9.58. The highest BCUT2D eigenvalue weighted by atomic mass is 16.5. The number of aromatic nitrogens is 1. The van der Waals surface area contributed by atoms with E-state index in [9.17, 15) is 9.59 Å². The standard InChI is InChI=1S/C21H25N3O3/c1-13-8-19-16(10-20(25)24(19)12-15-6-4-3-5-7-15)17(13)11-22-21(26)18-9-14(2)27-23-18/h3-7,9,13,16-17,19H,8,10-12H2,1-2H3,(H,22,26)/t13-,16-,17+,19+/m0/s1. The molecule has 4 atom stereocenters. The van der Waals surface area contributed by atoms with Crippen molar-refractivity contribution in [3.05, 3.63) is 53.4 Å².